The minimum Gasteiger partial charge on any atom is -0.377 e. The second kappa shape index (κ2) is 5.55. The molecule has 3 rings (SSSR count). The van der Waals surface area contributed by atoms with Crippen LogP contribution < -0.4 is 5.32 Å². The SMILES string of the molecule is CCn1c(CNc2ccccc2Cl)nc2ccccc21. The summed E-state index contributed by atoms with van der Waals surface area (Å²) in [7, 11) is 0. The molecule has 0 bridgehead atoms. The average Bonchev–Trinajstić information content (AvgIpc) is 2.84. The summed E-state index contributed by atoms with van der Waals surface area (Å²) in [5.41, 5.74) is 3.14. The summed E-state index contributed by atoms with van der Waals surface area (Å²) in [4.78, 5) is 4.69. The molecule has 4 heteroatoms. The van der Waals surface area contributed by atoms with Crippen LogP contribution in [0, 0.1) is 0 Å². The van der Waals surface area contributed by atoms with Crippen LogP contribution >= 0.6 is 11.6 Å². The molecule has 0 aliphatic carbocycles. The number of rotatable bonds is 4. The highest BCUT2D eigenvalue weighted by atomic mass is 35.5. The van der Waals surface area contributed by atoms with E-state index in [4.69, 9.17) is 11.6 Å². The minimum atomic E-state index is 0.659. The predicted molar refractivity (Wildman–Crippen MR) is 84.2 cm³/mol. The van der Waals surface area contributed by atoms with E-state index >= 15 is 0 Å². The second-order valence-electron chi connectivity index (χ2n) is 4.59. The number of aromatic nitrogens is 2. The van der Waals surface area contributed by atoms with Crippen molar-refractivity contribution in [1.82, 2.24) is 9.55 Å². The molecule has 0 fully saturated rings. The highest BCUT2D eigenvalue weighted by Gasteiger charge is 2.09. The van der Waals surface area contributed by atoms with Crippen molar-refractivity contribution in [2.75, 3.05) is 5.32 Å². The summed E-state index contributed by atoms with van der Waals surface area (Å²) >= 11 is 6.15. The van der Waals surface area contributed by atoms with Crippen LogP contribution in [0.2, 0.25) is 5.02 Å². The van der Waals surface area contributed by atoms with Gasteiger partial charge in [-0.25, -0.2) is 4.98 Å². The highest BCUT2D eigenvalue weighted by molar-refractivity contribution is 6.33. The van der Waals surface area contributed by atoms with Gasteiger partial charge in [0.15, 0.2) is 0 Å². The third-order valence-electron chi connectivity index (χ3n) is 3.36. The van der Waals surface area contributed by atoms with Crippen molar-refractivity contribution in [1.29, 1.82) is 0 Å². The van der Waals surface area contributed by atoms with Gasteiger partial charge >= 0.3 is 0 Å². The van der Waals surface area contributed by atoms with Crippen molar-refractivity contribution in [3.05, 3.63) is 59.4 Å². The number of benzene rings is 2. The molecule has 1 heterocycles. The summed E-state index contributed by atoms with van der Waals surface area (Å²) < 4.78 is 2.22. The van der Waals surface area contributed by atoms with Gasteiger partial charge < -0.3 is 9.88 Å². The molecule has 3 nitrogen and oxygen atoms in total. The smallest absolute Gasteiger partial charge is 0.129 e. The third kappa shape index (κ3) is 2.37. The number of hydrogen-bond donors (Lipinski definition) is 1. The van der Waals surface area contributed by atoms with Gasteiger partial charge in [-0.15, -0.1) is 0 Å². The molecular formula is C16H16ClN3. The Morgan fingerprint density at radius 2 is 1.85 bits per heavy atom. The number of aryl methyl sites for hydroxylation is 1. The van der Waals surface area contributed by atoms with Crippen LogP contribution in [-0.2, 0) is 13.1 Å². The van der Waals surface area contributed by atoms with Gasteiger partial charge in [-0.05, 0) is 31.2 Å². The number of anilines is 1. The maximum absolute atomic E-state index is 6.15. The lowest BCUT2D eigenvalue weighted by molar-refractivity contribution is 0.729. The van der Waals surface area contributed by atoms with Crippen LogP contribution in [0.4, 0.5) is 5.69 Å². The molecule has 0 spiro atoms. The zero-order valence-electron chi connectivity index (χ0n) is 11.3. The fourth-order valence-corrected chi connectivity index (χ4v) is 2.59. The molecule has 0 aliphatic rings. The molecule has 0 saturated heterocycles. The maximum Gasteiger partial charge on any atom is 0.129 e. The number of para-hydroxylation sites is 3. The maximum atomic E-state index is 6.15. The molecule has 0 atom stereocenters. The number of fused-ring (bicyclic) bond motifs is 1. The van der Waals surface area contributed by atoms with Crippen LogP contribution in [0.15, 0.2) is 48.5 Å². The van der Waals surface area contributed by atoms with Gasteiger partial charge in [0.05, 0.1) is 28.3 Å². The van der Waals surface area contributed by atoms with Gasteiger partial charge in [-0.2, -0.15) is 0 Å². The summed E-state index contributed by atoms with van der Waals surface area (Å²) in [5.74, 6) is 1.02. The van der Waals surface area contributed by atoms with E-state index in [-0.39, 0.29) is 0 Å². The minimum absolute atomic E-state index is 0.659. The van der Waals surface area contributed by atoms with Gasteiger partial charge in [-0.3, -0.25) is 0 Å². The van der Waals surface area contributed by atoms with E-state index in [0.717, 1.165) is 28.6 Å². The zero-order valence-corrected chi connectivity index (χ0v) is 12.1. The van der Waals surface area contributed by atoms with Crippen LogP contribution in [0.3, 0.4) is 0 Å². The van der Waals surface area contributed by atoms with E-state index < -0.39 is 0 Å². The lowest BCUT2D eigenvalue weighted by atomic mass is 10.3. The second-order valence-corrected chi connectivity index (χ2v) is 5.00. The van der Waals surface area contributed by atoms with Crippen molar-refractivity contribution in [2.45, 2.75) is 20.0 Å². The number of nitrogens with one attached hydrogen (secondary N) is 1. The summed E-state index contributed by atoms with van der Waals surface area (Å²) in [5, 5.41) is 4.08. The van der Waals surface area contributed by atoms with Gasteiger partial charge in [0.2, 0.25) is 0 Å². The molecule has 0 aliphatic heterocycles. The third-order valence-corrected chi connectivity index (χ3v) is 3.69. The Balaban J connectivity index is 1.89. The van der Waals surface area contributed by atoms with Crippen molar-refractivity contribution >= 4 is 28.3 Å². The molecule has 0 amide bonds. The molecule has 1 aromatic heterocycles. The van der Waals surface area contributed by atoms with Gasteiger partial charge in [0.25, 0.3) is 0 Å². The van der Waals surface area contributed by atoms with Crippen molar-refractivity contribution < 1.29 is 0 Å². The van der Waals surface area contributed by atoms with E-state index in [1.165, 1.54) is 5.52 Å². The highest BCUT2D eigenvalue weighted by Crippen LogP contribution is 2.22. The summed E-state index contributed by atoms with van der Waals surface area (Å²) in [6, 6.07) is 16.0. The molecule has 3 aromatic rings. The number of hydrogen-bond acceptors (Lipinski definition) is 2. The van der Waals surface area contributed by atoms with E-state index in [0.29, 0.717) is 6.54 Å². The molecule has 0 saturated carbocycles. The van der Waals surface area contributed by atoms with Gasteiger partial charge in [0.1, 0.15) is 5.82 Å². The summed E-state index contributed by atoms with van der Waals surface area (Å²) in [6.45, 7) is 3.69. The largest absolute Gasteiger partial charge is 0.377 e. The lowest BCUT2D eigenvalue weighted by Gasteiger charge is -2.09. The van der Waals surface area contributed by atoms with E-state index in [1.54, 1.807) is 0 Å². The Morgan fingerprint density at radius 1 is 1.10 bits per heavy atom. The van der Waals surface area contributed by atoms with Gasteiger partial charge in [0, 0.05) is 6.54 Å². The Labute approximate surface area is 123 Å². The lowest BCUT2D eigenvalue weighted by Crippen LogP contribution is -2.08. The van der Waals surface area contributed by atoms with E-state index in [1.807, 2.05) is 42.5 Å². The Bertz CT molecular complexity index is 733. The molecule has 102 valence electrons. The topological polar surface area (TPSA) is 29.9 Å². The fourth-order valence-electron chi connectivity index (χ4n) is 2.39. The molecule has 0 unspecified atom stereocenters. The molecule has 0 radical (unpaired) electrons. The molecule has 1 N–H and O–H groups in total. The Morgan fingerprint density at radius 3 is 2.65 bits per heavy atom. The molecular weight excluding hydrogens is 270 g/mol. The quantitative estimate of drug-likeness (QED) is 0.773. The van der Waals surface area contributed by atoms with Crippen LogP contribution in [0.1, 0.15) is 12.7 Å². The fraction of sp³-hybridized carbons (Fsp3) is 0.188. The normalized spacial score (nSPS) is 10.9. The Hall–Kier alpha value is -2.00. The van der Waals surface area contributed by atoms with Crippen molar-refractivity contribution in [2.24, 2.45) is 0 Å². The Kier molecular flexibility index (Phi) is 3.61. The first-order valence-corrected chi connectivity index (χ1v) is 7.10. The first kappa shape index (κ1) is 13.0. The molecule has 2 aromatic carbocycles. The van der Waals surface area contributed by atoms with Crippen LogP contribution in [-0.4, -0.2) is 9.55 Å². The zero-order chi connectivity index (χ0) is 13.9. The van der Waals surface area contributed by atoms with Crippen molar-refractivity contribution in [3.63, 3.8) is 0 Å². The number of imidazole rings is 1. The van der Waals surface area contributed by atoms with E-state index in [9.17, 15) is 0 Å². The van der Waals surface area contributed by atoms with Crippen molar-refractivity contribution in [3.8, 4) is 0 Å². The molecule has 20 heavy (non-hydrogen) atoms. The first-order chi connectivity index (χ1) is 9.79. The number of halogens is 1. The first-order valence-electron chi connectivity index (χ1n) is 6.72. The standard InChI is InChI=1S/C16H16ClN3/c1-2-20-15-10-6-5-9-14(15)19-16(20)11-18-13-8-4-3-7-12(13)17/h3-10,18H,2,11H2,1H3. The van der Waals surface area contributed by atoms with Crippen LogP contribution in [0.25, 0.3) is 11.0 Å². The van der Waals surface area contributed by atoms with Gasteiger partial charge in [-0.1, -0.05) is 35.9 Å². The van der Waals surface area contributed by atoms with E-state index in [2.05, 4.69) is 27.9 Å². The average molecular weight is 286 g/mol. The monoisotopic (exact) mass is 285 g/mol. The number of nitrogens with zero attached hydrogens (tertiary/aromatic N) is 2. The predicted octanol–water partition coefficient (Wildman–Crippen LogP) is 4.32. The van der Waals surface area contributed by atoms with Crippen LogP contribution in [0.5, 0.6) is 0 Å². The summed E-state index contributed by atoms with van der Waals surface area (Å²) in [6.07, 6.45) is 0.